The summed E-state index contributed by atoms with van der Waals surface area (Å²) in [4.78, 5) is 34.4. The number of aromatic amines is 1. The molecule has 2 N–H and O–H groups in total. The Morgan fingerprint density at radius 1 is 1.57 bits per heavy atom. The Kier molecular flexibility index (Phi) is 5.19. The summed E-state index contributed by atoms with van der Waals surface area (Å²) in [6, 6.07) is 1.12. The smallest absolute Gasteiger partial charge is 0.292 e. The molecular weight excluding hydrogens is 312 g/mol. The van der Waals surface area contributed by atoms with E-state index in [0.717, 1.165) is 6.07 Å². The van der Waals surface area contributed by atoms with Gasteiger partial charge in [0.15, 0.2) is 0 Å². The summed E-state index contributed by atoms with van der Waals surface area (Å²) in [7, 11) is 1.65. The number of tetrazole rings is 1. The lowest BCUT2D eigenvalue weighted by molar-refractivity contribution is -0.122. The zero-order chi connectivity index (χ0) is 16.8. The number of carboxylic acid groups (broad SMARTS) is 1. The highest BCUT2D eigenvalue weighted by Crippen LogP contribution is 2.19. The standard InChI is InChI=1S/C10H12N6O4.CH2O2/c1-15-12-9(11-14-15)7-5-16(2-3-19-7)10(18)6-4-8(17)13-20-6;2-1-3/h4,7H,2-3,5H2,1H3,(H,13,17);1H,(H,2,3). The molecule has 12 heteroatoms. The van der Waals surface area contributed by atoms with E-state index in [2.05, 4.69) is 20.6 Å². The van der Waals surface area contributed by atoms with Gasteiger partial charge in [0, 0.05) is 6.54 Å². The molecule has 1 aliphatic heterocycles. The fourth-order valence-electron chi connectivity index (χ4n) is 1.96. The summed E-state index contributed by atoms with van der Waals surface area (Å²) in [5.41, 5.74) is -0.450. The summed E-state index contributed by atoms with van der Waals surface area (Å²) in [5, 5.41) is 20.6. The van der Waals surface area contributed by atoms with Crippen molar-refractivity contribution in [2.45, 2.75) is 6.10 Å². The van der Waals surface area contributed by atoms with Crippen LogP contribution in [-0.2, 0) is 16.6 Å². The zero-order valence-electron chi connectivity index (χ0n) is 12.1. The Morgan fingerprint density at radius 3 is 2.87 bits per heavy atom. The summed E-state index contributed by atoms with van der Waals surface area (Å²) in [6.45, 7) is 0.785. The third kappa shape index (κ3) is 4.00. The van der Waals surface area contributed by atoms with Crippen molar-refractivity contribution in [3.05, 3.63) is 28.0 Å². The highest BCUT2D eigenvalue weighted by Gasteiger charge is 2.30. The molecule has 2 aromatic heterocycles. The van der Waals surface area contributed by atoms with Gasteiger partial charge in [-0.3, -0.25) is 14.4 Å². The number of aromatic nitrogens is 5. The van der Waals surface area contributed by atoms with Gasteiger partial charge in [0.2, 0.25) is 11.6 Å². The number of aryl methyl sites for hydroxylation is 1. The number of hydrogen-bond donors (Lipinski definition) is 2. The molecule has 2 aromatic rings. The maximum Gasteiger partial charge on any atom is 0.292 e. The number of H-pyrrole nitrogens is 1. The highest BCUT2D eigenvalue weighted by atomic mass is 16.5. The van der Waals surface area contributed by atoms with Crippen LogP contribution in [0, 0.1) is 0 Å². The van der Waals surface area contributed by atoms with Crippen molar-refractivity contribution in [1.29, 1.82) is 0 Å². The van der Waals surface area contributed by atoms with Gasteiger partial charge < -0.3 is 19.3 Å². The molecule has 3 rings (SSSR count). The van der Waals surface area contributed by atoms with E-state index < -0.39 is 11.7 Å². The number of ether oxygens (including phenoxy) is 1. The van der Waals surface area contributed by atoms with Crippen LogP contribution in [0.3, 0.4) is 0 Å². The summed E-state index contributed by atoms with van der Waals surface area (Å²) in [6.07, 6.45) is -0.438. The zero-order valence-corrected chi connectivity index (χ0v) is 12.1. The van der Waals surface area contributed by atoms with Gasteiger partial charge in [-0.15, -0.1) is 10.2 Å². The van der Waals surface area contributed by atoms with E-state index >= 15 is 0 Å². The average Bonchev–Trinajstić information content (AvgIpc) is 3.16. The van der Waals surface area contributed by atoms with E-state index in [1.54, 1.807) is 7.05 Å². The summed E-state index contributed by atoms with van der Waals surface area (Å²) >= 11 is 0. The minimum Gasteiger partial charge on any atom is -0.483 e. The molecule has 1 amide bonds. The predicted molar refractivity (Wildman–Crippen MR) is 71.4 cm³/mol. The molecule has 0 saturated carbocycles. The van der Waals surface area contributed by atoms with Crippen molar-refractivity contribution in [1.82, 2.24) is 30.3 Å². The number of hydrogen-bond acceptors (Lipinski definition) is 8. The van der Waals surface area contributed by atoms with Crippen LogP contribution in [0.25, 0.3) is 0 Å². The Hall–Kier alpha value is -3.02. The summed E-state index contributed by atoms with van der Waals surface area (Å²) < 4.78 is 10.3. The molecule has 0 bridgehead atoms. The number of rotatable bonds is 2. The second-order valence-corrected chi connectivity index (χ2v) is 4.43. The number of nitrogens with one attached hydrogen (secondary N) is 1. The third-order valence-corrected chi connectivity index (χ3v) is 2.90. The first-order chi connectivity index (χ1) is 11.0. The molecule has 1 unspecified atom stereocenters. The van der Waals surface area contributed by atoms with Crippen LogP contribution in [0.4, 0.5) is 0 Å². The molecule has 124 valence electrons. The first-order valence-corrected chi connectivity index (χ1v) is 6.46. The lowest BCUT2D eigenvalue weighted by Crippen LogP contribution is -2.42. The first-order valence-electron chi connectivity index (χ1n) is 6.46. The summed E-state index contributed by atoms with van der Waals surface area (Å²) in [5.74, 6) is 0.0174. The molecule has 23 heavy (non-hydrogen) atoms. The molecule has 0 spiro atoms. The van der Waals surface area contributed by atoms with E-state index in [9.17, 15) is 9.59 Å². The van der Waals surface area contributed by atoms with Gasteiger partial charge in [-0.2, -0.15) is 9.95 Å². The molecule has 12 nitrogen and oxygen atoms in total. The molecule has 0 aromatic carbocycles. The van der Waals surface area contributed by atoms with Crippen molar-refractivity contribution in [3.63, 3.8) is 0 Å². The second kappa shape index (κ2) is 7.31. The molecule has 0 radical (unpaired) electrons. The number of nitrogens with zero attached hydrogens (tertiary/aromatic N) is 5. The first kappa shape index (κ1) is 16.4. The van der Waals surface area contributed by atoms with Crippen LogP contribution in [0.1, 0.15) is 22.5 Å². The van der Waals surface area contributed by atoms with E-state index in [4.69, 9.17) is 19.2 Å². The number of morpholine rings is 1. The van der Waals surface area contributed by atoms with Crippen LogP contribution in [-0.4, -0.2) is 67.4 Å². The van der Waals surface area contributed by atoms with Crippen LogP contribution in [0.2, 0.25) is 0 Å². The quantitative estimate of drug-likeness (QED) is 0.620. The molecule has 1 saturated heterocycles. The van der Waals surface area contributed by atoms with Crippen molar-refractivity contribution in [2.24, 2.45) is 7.05 Å². The van der Waals surface area contributed by atoms with Gasteiger partial charge in [-0.1, -0.05) is 0 Å². The maximum atomic E-state index is 12.2. The Bertz CT molecular complexity index is 720. The number of amides is 1. The Morgan fingerprint density at radius 2 is 2.30 bits per heavy atom. The average molecular weight is 326 g/mol. The van der Waals surface area contributed by atoms with Crippen molar-refractivity contribution >= 4 is 12.4 Å². The third-order valence-electron chi connectivity index (χ3n) is 2.90. The molecule has 1 atom stereocenters. The fourth-order valence-corrected chi connectivity index (χ4v) is 1.96. The van der Waals surface area contributed by atoms with Gasteiger partial charge in [-0.25, -0.2) is 0 Å². The SMILES string of the molecule is Cn1nnc(C2CN(C(=O)c3cc(=O)[nH]o3)CCO2)n1.O=CO. The van der Waals surface area contributed by atoms with Gasteiger partial charge in [0.25, 0.3) is 17.9 Å². The monoisotopic (exact) mass is 326 g/mol. The van der Waals surface area contributed by atoms with Gasteiger partial charge in [0.05, 0.1) is 26.3 Å². The number of carbonyl (C=O) groups is 2. The lowest BCUT2D eigenvalue weighted by atomic mass is 10.2. The minimum atomic E-state index is -0.450. The van der Waals surface area contributed by atoms with Gasteiger partial charge in [0.1, 0.15) is 6.10 Å². The van der Waals surface area contributed by atoms with E-state index in [-0.39, 0.29) is 24.7 Å². The van der Waals surface area contributed by atoms with E-state index in [1.165, 1.54) is 9.70 Å². The largest absolute Gasteiger partial charge is 0.483 e. The van der Waals surface area contributed by atoms with Crippen molar-refractivity contribution in [3.8, 4) is 0 Å². The van der Waals surface area contributed by atoms with Crippen LogP contribution in [0.15, 0.2) is 15.4 Å². The van der Waals surface area contributed by atoms with E-state index in [0.29, 0.717) is 19.0 Å². The topological polar surface area (TPSA) is 156 Å². The molecular formula is C11H14N6O6. The lowest BCUT2D eigenvalue weighted by Gasteiger charge is -2.30. The highest BCUT2D eigenvalue weighted by molar-refractivity contribution is 5.91. The van der Waals surface area contributed by atoms with Crippen molar-refractivity contribution in [2.75, 3.05) is 19.7 Å². The van der Waals surface area contributed by atoms with Gasteiger partial charge in [-0.05, 0) is 5.21 Å². The normalized spacial score (nSPS) is 17.3. The molecule has 0 aliphatic carbocycles. The molecule has 1 fully saturated rings. The second-order valence-electron chi connectivity index (χ2n) is 4.43. The van der Waals surface area contributed by atoms with Crippen LogP contribution < -0.4 is 5.56 Å². The van der Waals surface area contributed by atoms with Crippen molar-refractivity contribution < 1.29 is 24.0 Å². The molecule has 3 heterocycles. The van der Waals surface area contributed by atoms with E-state index in [1.807, 2.05) is 0 Å². The Balaban J connectivity index is 0.000000595. The number of carbonyl (C=O) groups excluding carboxylic acids is 1. The fraction of sp³-hybridized carbons (Fsp3) is 0.455. The minimum absolute atomic E-state index is 0.0252. The van der Waals surface area contributed by atoms with Crippen LogP contribution in [0.5, 0.6) is 0 Å². The Labute approximate surface area is 128 Å². The van der Waals surface area contributed by atoms with Gasteiger partial charge >= 0.3 is 0 Å². The maximum absolute atomic E-state index is 12.2. The predicted octanol–water partition coefficient (Wildman–Crippen LogP) is -1.59. The molecule has 1 aliphatic rings. The van der Waals surface area contributed by atoms with Crippen LogP contribution >= 0.6 is 0 Å².